The fraction of sp³-hybridized carbons (Fsp3) is 0.286. The van der Waals surface area contributed by atoms with Gasteiger partial charge in [0.1, 0.15) is 28.5 Å². The van der Waals surface area contributed by atoms with Crippen LogP contribution in [0.4, 0.5) is 32.0 Å². The zero-order valence-electron chi connectivity index (χ0n) is 22.9. The van der Waals surface area contributed by atoms with Gasteiger partial charge in [-0.3, -0.25) is 19.6 Å². The third-order valence-electron chi connectivity index (χ3n) is 7.51. The van der Waals surface area contributed by atoms with Crippen LogP contribution in [0.1, 0.15) is 36.7 Å². The minimum absolute atomic E-state index is 0.0177. The summed E-state index contributed by atoms with van der Waals surface area (Å²) in [7, 11) is 0. The third-order valence-corrected chi connectivity index (χ3v) is 8.19. The van der Waals surface area contributed by atoms with E-state index in [2.05, 4.69) is 15.3 Å². The molecule has 1 fully saturated rings. The maximum Gasteiger partial charge on any atom is 0.433 e. The molecule has 2 aliphatic rings. The molecule has 3 N–H and O–H groups in total. The van der Waals surface area contributed by atoms with Crippen molar-refractivity contribution in [3.8, 4) is 17.0 Å². The molecule has 238 valence electrons. The Balaban J connectivity index is 1.55. The van der Waals surface area contributed by atoms with Crippen molar-refractivity contribution in [3.05, 3.63) is 80.9 Å². The second kappa shape index (κ2) is 11.4. The van der Waals surface area contributed by atoms with Crippen LogP contribution in [0.15, 0.2) is 53.9 Å². The van der Waals surface area contributed by atoms with Crippen molar-refractivity contribution in [2.24, 2.45) is 0 Å². The highest BCUT2D eigenvalue weighted by Crippen LogP contribution is 2.43. The zero-order valence-corrected chi connectivity index (χ0v) is 24.4. The van der Waals surface area contributed by atoms with Crippen LogP contribution in [-0.4, -0.2) is 54.1 Å². The lowest BCUT2D eigenvalue weighted by Gasteiger charge is -2.46. The number of phenols is 1. The molecule has 2 amide bonds. The monoisotopic (exact) mass is 675 g/mol. The number of hydrogen-bond acceptors (Lipinski definition) is 7. The smallest absolute Gasteiger partial charge is 0.433 e. The average molecular weight is 676 g/mol. The van der Waals surface area contributed by atoms with Crippen LogP contribution < -0.4 is 5.32 Å². The summed E-state index contributed by atoms with van der Waals surface area (Å²) in [4.78, 5) is 34.2. The maximum absolute atomic E-state index is 13.8. The quantitative estimate of drug-likeness (QED) is 0.202. The van der Waals surface area contributed by atoms with E-state index in [1.807, 2.05) is 0 Å². The van der Waals surface area contributed by atoms with Gasteiger partial charge < -0.3 is 15.5 Å². The summed E-state index contributed by atoms with van der Waals surface area (Å²) in [5.74, 6) is -3.05. The van der Waals surface area contributed by atoms with Crippen LogP contribution in [0.2, 0.25) is 10.0 Å². The van der Waals surface area contributed by atoms with E-state index in [1.54, 1.807) is 11.9 Å². The van der Waals surface area contributed by atoms with Gasteiger partial charge in [-0.2, -0.15) is 26.3 Å². The minimum Gasteiger partial charge on any atom is -0.509 e. The highest BCUT2D eigenvalue weighted by Gasteiger charge is 2.53. The first-order valence-corrected chi connectivity index (χ1v) is 13.8. The lowest BCUT2D eigenvalue weighted by atomic mass is 9.90. The van der Waals surface area contributed by atoms with Crippen molar-refractivity contribution < 1.29 is 46.1 Å². The number of aromatic nitrogens is 2. The number of alkyl halides is 6. The van der Waals surface area contributed by atoms with E-state index in [1.165, 1.54) is 12.1 Å². The number of hydrazine groups is 1. The van der Waals surface area contributed by atoms with Gasteiger partial charge in [-0.1, -0.05) is 23.2 Å². The molecule has 1 unspecified atom stereocenters. The van der Waals surface area contributed by atoms with Crippen LogP contribution >= 0.6 is 23.2 Å². The number of nitrogens with zero attached hydrogens (tertiary/aromatic N) is 4. The minimum atomic E-state index is -4.95. The zero-order chi connectivity index (χ0) is 33.1. The number of rotatable bonds is 5. The molecule has 2 aromatic heterocycles. The van der Waals surface area contributed by atoms with E-state index in [-0.39, 0.29) is 33.5 Å². The van der Waals surface area contributed by atoms with Gasteiger partial charge in [0.15, 0.2) is 0 Å². The van der Waals surface area contributed by atoms with Crippen molar-refractivity contribution in [3.63, 3.8) is 0 Å². The van der Waals surface area contributed by atoms with Crippen LogP contribution in [0, 0.1) is 0 Å². The molecule has 9 nitrogen and oxygen atoms in total. The predicted octanol–water partition coefficient (Wildman–Crippen LogP) is 6.76. The number of aromatic hydroxyl groups is 1. The van der Waals surface area contributed by atoms with Crippen molar-refractivity contribution in [1.29, 1.82) is 0 Å². The molecule has 0 aliphatic carbocycles. The molecule has 0 radical (unpaired) electrons. The molecule has 4 heterocycles. The van der Waals surface area contributed by atoms with Gasteiger partial charge in [-0.15, -0.1) is 0 Å². The Labute approximate surface area is 260 Å². The summed E-state index contributed by atoms with van der Waals surface area (Å²) < 4.78 is 79.7. The number of pyridine rings is 2. The van der Waals surface area contributed by atoms with E-state index in [0.717, 1.165) is 17.1 Å². The molecule has 1 saturated heterocycles. The van der Waals surface area contributed by atoms with Gasteiger partial charge in [0.25, 0.3) is 11.8 Å². The van der Waals surface area contributed by atoms with E-state index in [9.17, 15) is 46.1 Å². The molecule has 0 spiro atoms. The molecule has 5 rings (SSSR count). The molecule has 17 heteroatoms. The number of aliphatic hydroxyl groups excluding tert-OH is 1. The highest BCUT2D eigenvalue weighted by molar-refractivity contribution is 6.36. The number of aliphatic hydroxyl groups is 1. The maximum atomic E-state index is 13.8. The standard InChI is InChI=1S/C28H21Cl2F6N5O4/c1-26-7-2-8-41(26)40(12-15-16(29)9-14(42)10-17(15)30)25(45)21(23(26)43)24(44)38-18-4-6-20(28(34,35)36)39-22(18)13-3-5-19(37-11-13)27(31,32)33/h3-6,9-11,42-43H,2,7-8,12H2,1H3,(H,38,44). The first-order valence-electron chi connectivity index (χ1n) is 13.0. The second-order valence-electron chi connectivity index (χ2n) is 10.4. The summed E-state index contributed by atoms with van der Waals surface area (Å²) in [6.45, 7) is 1.60. The van der Waals surface area contributed by atoms with E-state index < -0.39 is 63.8 Å². The van der Waals surface area contributed by atoms with Gasteiger partial charge in [0.2, 0.25) is 0 Å². The first kappa shape index (κ1) is 32.3. The highest BCUT2D eigenvalue weighted by atomic mass is 35.5. The number of carbonyl (C=O) groups is 2. The van der Waals surface area contributed by atoms with E-state index >= 15 is 0 Å². The Bertz CT molecular complexity index is 1710. The average Bonchev–Trinajstić information content (AvgIpc) is 3.34. The lowest BCUT2D eigenvalue weighted by molar-refractivity contribution is -0.160. The van der Waals surface area contributed by atoms with E-state index in [4.69, 9.17) is 23.2 Å². The topological polar surface area (TPSA) is 119 Å². The normalized spacial score (nSPS) is 19.2. The van der Waals surface area contributed by atoms with Crippen LogP contribution in [0.5, 0.6) is 5.75 Å². The fourth-order valence-corrected chi connectivity index (χ4v) is 5.86. The van der Waals surface area contributed by atoms with Crippen molar-refractivity contribution in [2.75, 3.05) is 11.9 Å². The number of amides is 2. The van der Waals surface area contributed by atoms with Crippen LogP contribution in [-0.2, 0) is 28.5 Å². The first-order chi connectivity index (χ1) is 20.9. The van der Waals surface area contributed by atoms with E-state index in [0.29, 0.717) is 37.7 Å². The molecule has 45 heavy (non-hydrogen) atoms. The summed E-state index contributed by atoms with van der Waals surface area (Å²) in [6.07, 6.45) is -8.32. The van der Waals surface area contributed by atoms with Crippen LogP contribution in [0.25, 0.3) is 11.3 Å². The Morgan fingerprint density at radius 2 is 1.64 bits per heavy atom. The summed E-state index contributed by atoms with van der Waals surface area (Å²) in [5.41, 5.74) is -5.78. The summed E-state index contributed by atoms with van der Waals surface area (Å²) in [5, 5.41) is 26.1. The number of benzene rings is 1. The number of carbonyl (C=O) groups excluding carboxylic acids is 2. The second-order valence-corrected chi connectivity index (χ2v) is 11.3. The van der Waals surface area contributed by atoms with Crippen molar-refractivity contribution in [2.45, 2.75) is 44.2 Å². The molecular formula is C28H21Cl2F6N5O4. The fourth-order valence-electron chi connectivity index (χ4n) is 5.26. The number of phenolic OH excluding ortho intramolecular Hbond substituents is 1. The predicted molar refractivity (Wildman–Crippen MR) is 149 cm³/mol. The van der Waals surface area contributed by atoms with Crippen LogP contribution in [0.3, 0.4) is 0 Å². The molecule has 2 aliphatic heterocycles. The van der Waals surface area contributed by atoms with Gasteiger partial charge in [-0.25, -0.2) is 9.99 Å². The van der Waals surface area contributed by atoms with Crippen molar-refractivity contribution in [1.82, 2.24) is 20.0 Å². The number of anilines is 1. The van der Waals surface area contributed by atoms with Gasteiger partial charge in [0.05, 0.1) is 33.5 Å². The number of fused-ring (bicyclic) bond motifs is 1. The lowest BCUT2D eigenvalue weighted by Crippen LogP contribution is -2.60. The molecule has 1 atom stereocenters. The number of nitrogens with one attached hydrogen (secondary N) is 1. The van der Waals surface area contributed by atoms with Gasteiger partial charge >= 0.3 is 12.4 Å². The summed E-state index contributed by atoms with van der Waals surface area (Å²) >= 11 is 12.5. The number of hydrogen-bond donors (Lipinski definition) is 3. The SMILES string of the molecule is CC12CCCN1N(Cc1c(Cl)cc(O)cc1Cl)C(=O)C(C(=O)Nc1ccc(C(F)(F)F)nc1-c1ccc(C(F)(F)F)nc1)=C2O. The van der Waals surface area contributed by atoms with Gasteiger partial charge in [-0.05, 0) is 56.2 Å². The van der Waals surface area contributed by atoms with Crippen molar-refractivity contribution >= 4 is 40.7 Å². The Hall–Kier alpha value is -4.08. The molecule has 1 aromatic carbocycles. The molecule has 0 saturated carbocycles. The van der Waals surface area contributed by atoms with Gasteiger partial charge in [0, 0.05) is 23.9 Å². The molecular weight excluding hydrogens is 655 g/mol. The Morgan fingerprint density at radius 1 is 1.02 bits per heavy atom. The Morgan fingerprint density at radius 3 is 2.22 bits per heavy atom. The molecule has 0 bridgehead atoms. The molecule has 3 aromatic rings. The third kappa shape index (κ3) is 5.99. The Kier molecular flexibility index (Phi) is 8.17. The number of halogens is 8. The largest absolute Gasteiger partial charge is 0.509 e. The summed E-state index contributed by atoms with van der Waals surface area (Å²) in [6, 6.07) is 5.14.